The molecule has 0 aliphatic heterocycles. The average Bonchev–Trinajstić information content (AvgIpc) is 2.40. The summed E-state index contributed by atoms with van der Waals surface area (Å²) in [5.41, 5.74) is 0. The lowest BCUT2D eigenvalue weighted by atomic mass is 10.2. The number of carboxylic acid groups (broad SMARTS) is 1. The number of amides is 1. The third-order valence-corrected chi connectivity index (χ3v) is 3.41. The maximum atomic E-state index is 11.8. The van der Waals surface area contributed by atoms with E-state index in [4.69, 9.17) is 33.0 Å². The highest BCUT2D eigenvalue weighted by Crippen LogP contribution is 2.32. The lowest BCUT2D eigenvalue weighted by Crippen LogP contribution is -2.45. The summed E-state index contributed by atoms with van der Waals surface area (Å²) in [6.45, 7) is 3.17. The molecule has 0 aliphatic carbocycles. The third kappa shape index (κ3) is 4.28. The maximum Gasteiger partial charge on any atom is 0.326 e. The van der Waals surface area contributed by atoms with Crippen LogP contribution >= 0.6 is 23.2 Å². The molecule has 1 aromatic carbocycles. The van der Waals surface area contributed by atoms with Crippen molar-refractivity contribution in [2.75, 3.05) is 0 Å². The molecular weight excluding hydrogens is 305 g/mol. The Morgan fingerprint density at radius 3 is 2.60 bits per heavy atom. The molecule has 0 fully saturated rings. The fourth-order valence-electron chi connectivity index (χ4n) is 1.45. The van der Waals surface area contributed by atoms with Crippen molar-refractivity contribution >= 4 is 35.1 Å². The average molecular weight is 320 g/mol. The van der Waals surface area contributed by atoms with E-state index in [1.165, 1.54) is 6.92 Å². The van der Waals surface area contributed by atoms with Crippen molar-refractivity contribution in [3.05, 3.63) is 28.2 Å². The number of halogens is 2. The van der Waals surface area contributed by atoms with Crippen LogP contribution in [0.3, 0.4) is 0 Å². The van der Waals surface area contributed by atoms with Crippen LogP contribution in [-0.2, 0) is 9.59 Å². The van der Waals surface area contributed by atoms with Gasteiger partial charge in [-0.2, -0.15) is 0 Å². The summed E-state index contributed by atoms with van der Waals surface area (Å²) in [5.74, 6) is -1.35. The van der Waals surface area contributed by atoms with Crippen molar-refractivity contribution in [1.29, 1.82) is 0 Å². The van der Waals surface area contributed by atoms with Crippen molar-refractivity contribution < 1.29 is 19.4 Å². The number of carboxylic acids is 1. The quantitative estimate of drug-likeness (QED) is 0.845. The van der Waals surface area contributed by atoms with Crippen LogP contribution in [0.4, 0.5) is 0 Å². The molecule has 7 heteroatoms. The van der Waals surface area contributed by atoms with E-state index in [2.05, 4.69) is 5.32 Å². The molecule has 1 aromatic rings. The van der Waals surface area contributed by atoms with E-state index in [1.54, 1.807) is 25.1 Å². The van der Waals surface area contributed by atoms with Gasteiger partial charge in [0.25, 0.3) is 5.91 Å². The molecule has 0 aromatic heterocycles. The first-order chi connectivity index (χ1) is 9.36. The summed E-state index contributed by atoms with van der Waals surface area (Å²) in [6.07, 6.45) is -0.606. The van der Waals surface area contributed by atoms with Gasteiger partial charge in [0, 0.05) is 0 Å². The summed E-state index contributed by atoms with van der Waals surface area (Å²) in [4.78, 5) is 22.7. The first kappa shape index (κ1) is 16.6. The molecule has 0 aliphatic rings. The van der Waals surface area contributed by atoms with Crippen molar-refractivity contribution in [2.24, 2.45) is 0 Å². The topological polar surface area (TPSA) is 75.6 Å². The first-order valence-corrected chi connectivity index (χ1v) is 6.76. The van der Waals surface area contributed by atoms with Gasteiger partial charge < -0.3 is 15.2 Å². The van der Waals surface area contributed by atoms with Gasteiger partial charge in [0.1, 0.15) is 16.8 Å². The number of benzene rings is 1. The van der Waals surface area contributed by atoms with E-state index in [9.17, 15) is 9.59 Å². The monoisotopic (exact) mass is 319 g/mol. The fraction of sp³-hybridized carbons (Fsp3) is 0.385. The third-order valence-electron chi connectivity index (χ3n) is 2.61. The molecule has 5 nitrogen and oxygen atoms in total. The second-order valence-electron chi connectivity index (χ2n) is 4.12. The van der Waals surface area contributed by atoms with Crippen LogP contribution in [0.25, 0.3) is 0 Å². The number of rotatable bonds is 6. The molecule has 2 N–H and O–H groups in total. The number of carbonyl (C=O) groups excluding carboxylic acids is 1. The molecule has 0 spiro atoms. The van der Waals surface area contributed by atoms with E-state index in [1.807, 2.05) is 0 Å². The minimum atomic E-state index is -1.09. The summed E-state index contributed by atoms with van der Waals surface area (Å²) < 4.78 is 5.39. The van der Waals surface area contributed by atoms with Gasteiger partial charge in [-0.3, -0.25) is 4.79 Å². The van der Waals surface area contributed by atoms with Crippen molar-refractivity contribution in [3.8, 4) is 5.75 Å². The minimum absolute atomic E-state index is 0.207. The Morgan fingerprint density at radius 2 is 2.05 bits per heavy atom. The Labute approximate surface area is 126 Å². The zero-order valence-electron chi connectivity index (χ0n) is 11.0. The van der Waals surface area contributed by atoms with Gasteiger partial charge in [0.15, 0.2) is 6.10 Å². The van der Waals surface area contributed by atoms with E-state index in [0.717, 1.165) is 0 Å². The van der Waals surface area contributed by atoms with E-state index >= 15 is 0 Å². The van der Waals surface area contributed by atoms with Crippen LogP contribution in [0.1, 0.15) is 20.3 Å². The summed E-state index contributed by atoms with van der Waals surface area (Å²) in [5, 5.41) is 11.8. The molecule has 110 valence electrons. The number of hydrogen-bond acceptors (Lipinski definition) is 3. The second-order valence-corrected chi connectivity index (χ2v) is 4.90. The van der Waals surface area contributed by atoms with E-state index in [-0.39, 0.29) is 17.2 Å². The van der Waals surface area contributed by atoms with Crippen molar-refractivity contribution in [2.45, 2.75) is 32.4 Å². The number of hydrogen-bond donors (Lipinski definition) is 2. The summed E-state index contributed by atoms with van der Waals surface area (Å²) in [7, 11) is 0. The molecule has 0 bridgehead atoms. The molecule has 2 atom stereocenters. The number of carbonyl (C=O) groups is 2. The van der Waals surface area contributed by atoms with Gasteiger partial charge in [0.05, 0.1) is 5.02 Å². The largest absolute Gasteiger partial charge is 0.480 e. The predicted octanol–water partition coefficient (Wildman–Crippen LogP) is 2.74. The smallest absolute Gasteiger partial charge is 0.326 e. The van der Waals surface area contributed by atoms with Gasteiger partial charge >= 0.3 is 5.97 Å². The molecule has 2 unspecified atom stereocenters. The number of aliphatic carboxylic acids is 1. The molecule has 1 rings (SSSR count). The van der Waals surface area contributed by atoms with Gasteiger partial charge in [-0.1, -0.05) is 36.2 Å². The van der Waals surface area contributed by atoms with Crippen LogP contribution in [0.15, 0.2) is 18.2 Å². The molecule has 0 radical (unpaired) electrons. The van der Waals surface area contributed by atoms with Gasteiger partial charge in [-0.25, -0.2) is 4.79 Å². The van der Waals surface area contributed by atoms with Crippen LogP contribution in [-0.4, -0.2) is 29.1 Å². The highest BCUT2D eigenvalue weighted by atomic mass is 35.5. The molecular formula is C13H15Cl2NO4. The predicted molar refractivity (Wildman–Crippen MR) is 76.4 cm³/mol. The summed E-state index contributed by atoms with van der Waals surface area (Å²) in [6, 6.07) is 3.87. The fourth-order valence-corrected chi connectivity index (χ4v) is 1.78. The lowest BCUT2D eigenvalue weighted by Gasteiger charge is -2.18. The normalized spacial score (nSPS) is 13.4. The first-order valence-electron chi connectivity index (χ1n) is 6.00. The minimum Gasteiger partial charge on any atom is -0.480 e. The standard InChI is InChI=1S/C13H15Cl2NO4/c1-3-9(13(18)19)16-12(17)7(2)20-10-6-4-5-8(14)11(10)15/h4-7,9H,3H2,1-2H3,(H,16,17)(H,18,19). The van der Waals surface area contributed by atoms with Crippen LogP contribution in [0.5, 0.6) is 5.75 Å². The molecule has 0 heterocycles. The van der Waals surface area contributed by atoms with Gasteiger partial charge in [0.2, 0.25) is 0 Å². The van der Waals surface area contributed by atoms with Crippen molar-refractivity contribution in [3.63, 3.8) is 0 Å². The van der Waals surface area contributed by atoms with Crippen LogP contribution in [0, 0.1) is 0 Å². The Morgan fingerprint density at radius 1 is 1.40 bits per heavy atom. The van der Waals surface area contributed by atoms with E-state index < -0.39 is 24.0 Å². The Bertz CT molecular complexity index is 507. The maximum absolute atomic E-state index is 11.8. The molecule has 0 saturated carbocycles. The number of nitrogens with one attached hydrogen (secondary N) is 1. The second kappa shape index (κ2) is 7.36. The number of ether oxygens (including phenoxy) is 1. The molecule has 0 saturated heterocycles. The highest BCUT2D eigenvalue weighted by molar-refractivity contribution is 6.42. The Kier molecular flexibility index (Phi) is 6.10. The highest BCUT2D eigenvalue weighted by Gasteiger charge is 2.23. The van der Waals surface area contributed by atoms with E-state index in [0.29, 0.717) is 5.02 Å². The van der Waals surface area contributed by atoms with Crippen LogP contribution in [0.2, 0.25) is 10.0 Å². The van der Waals surface area contributed by atoms with Crippen molar-refractivity contribution in [1.82, 2.24) is 5.32 Å². The SMILES string of the molecule is CCC(NC(=O)C(C)Oc1cccc(Cl)c1Cl)C(=O)O. The molecule has 20 heavy (non-hydrogen) atoms. The Hall–Kier alpha value is -1.46. The van der Waals surface area contributed by atoms with Gasteiger partial charge in [-0.05, 0) is 25.5 Å². The van der Waals surface area contributed by atoms with Gasteiger partial charge in [-0.15, -0.1) is 0 Å². The zero-order valence-corrected chi connectivity index (χ0v) is 12.5. The lowest BCUT2D eigenvalue weighted by molar-refractivity contribution is -0.143. The zero-order chi connectivity index (χ0) is 15.3. The Balaban J connectivity index is 2.71. The summed E-state index contributed by atoms with van der Waals surface area (Å²) >= 11 is 11.8. The molecule has 1 amide bonds. The van der Waals surface area contributed by atoms with Crippen LogP contribution < -0.4 is 10.1 Å².